The molecule has 0 unspecified atom stereocenters. The topological polar surface area (TPSA) is 41.9 Å². The second-order valence-corrected chi connectivity index (χ2v) is 8.18. The molecule has 1 N–H and O–H groups in total. The number of fused-ring (bicyclic) bond motifs is 1. The van der Waals surface area contributed by atoms with Crippen LogP contribution in [0, 0.1) is 17.7 Å². The first-order valence-corrected chi connectivity index (χ1v) is 10.1. The molecule has 4 atom stereocenters. The van der Waals surface area contributed by atoms with Gasteiger partial charge in [-0.15, -0.1) is 0 Å². The fourth-order valence-corrected chi connectivity index (χ4v) is 4.73. The summed E-state index contributed by atoms with van der Waals surface area (Å²) in [4.78, 5) is 2.25. The molecule has 4 rings (SSSR count). The van der Waals surface area contributed by atoms with E-state index in [2.05, 4.69) is 4.90 Å². The number of rotatable bonds is 5. The maximum atomic E-state index is 14.2. The lowest BCUT2D eigenvalue weighted by molar-refractivity contribution is -0.0240. The van der Waals surface area contributed by atoms with Gasteiger partial charge in [-0.25, -0.2) is 4.39 Å². The van der Waals surface area contributed by atoms with Gasteiger partial charge in [0.05, 0.1) is 18.2 Å². The molecular formula is C22H25ClFNO3. The van der Waals surface area contributed by atoms with Crippen LogP contribution in [0.15, 0.2) is 42.5 Å². The Morgan fingerprint density at radius 1 is 1.07 bits per heavy atom. The Hall–Kier alpha value is -1.82. The van der Waals surface area contributed by atoms with Crippen LogP contribution in [0.2, 0.25) is 5.02 Å². The van der Waals surface area contributed by atoms with E-state index < -0.39 is 6.10 Å². The average molecular weight is 406 g/mol. The van der Waals surface area contributed by atoms with Crippen molar-refractivity contribution < 1.29 is 19.0 Å². The van der Waals surface area contributed by atoms with Gasteiger partial charge in [0.25, 0.3) is 0 Å². The smallest absolute Gasteiger partial charge is 0.161 e. The van der Waals surface area contributed by atoms with E-state index in [0.717, 1.165) is 19.5 Å². The van der Waals surface area contributed by atoms with Crippen molar-refractivity contribution in [3.8, 4) is 11.5 Å². The number of halogens is 2. The Balaban J connectivity index is 1.41. The molecule has 6 heteroatoms. The summed E-state index contributed by atoms with van der Waals surface area (Å²) < 4.78 is 25.7. The molecule has 1 heterocycles. The number of ether oxygens (including phenoxy) is 2. The van der Waals surface area contributed by atoms with E-state index in [1.807, 2.05) is 24.3 Å². The Morgan fingerprint density at radius 2 is 1.79 bits per heavy atom. The molecule has 0 amide bonds. The molecule has 28 heavy (non-hydrogen) atoms. The summed E-state index contributed by atoms with van der Waals surface area (Å²) in [5.41, 5.74) is 0.619. The minimum absolute atomic E-state index is 0.162. The molecule has 0 radical (unpaired) electrons. The lowest BCUT2D eigenvalue weighted by Crippen LogP contribution is -2.42. The minimum Gasteiger partial charge on any atom is -0.493 e. The van der Waals surface area contributed by atoms with E-state index in [9.17, 15) is 9.50 Å². The molecule has 0 bridgehead atoms. The number of aliphatic hydroxyl groups excluding tert-OH is 1. The summed E-state index contributed by atoms with van der Waals surface area (Å²) >= 11 is 5.91. The van der Waals surface area contributed by atoms with Gasteiger partial charge in [-0.2, -0.15) is 0 Å². The van der Waals surface area contributed by atoms with Crippen LogP contribution in [-0.4, -0.2) is 42.4 Å². The Kier molecular flexibility index (Phi) is 5.76. The highest BCUT2D eigenvalue weighted by Crippen LogP contribution is 2.40. The molecule has 0 spiro atoms. The van der Waals surface area contributed by atoms with Gasteiger partial charge in [0, 0.05) is 25.2 Å². The second kappa shape index (κ2) is 8.27. The molecule has 0 aromatic heterocycles. The van der Waals surface area contributed by atoms with Crippen molar-refractivity contribution in [1.29, 1.82) is 0 Å². The highest BCUT2D eigenvalue weighted by Gasteiger charge is 2.42. The molecule has 4 nitrogen and oxygen atoms in total. The zero-order valence-electron chi connectivity index (χ0n) is 15.9. The normalized spacial score (nSPS) is 27.4. The third-order valence-corrected chi connectivity index (χ3v) is 6.23. The lowest BCUT2D eigenvalue weighted by Gasteiger charge is -2.35. The van der Waals surface area contributed by atoms with Gasteiger partial charge in [0.1, 0.15) is 11.9 Å². The number of likely N-dealkylation sites (tertiary alicyclic amines) is 1. The van der Waals surface area contributed by atoms with Crippen LogP contribution in [0.25, 0.3) is 0 Å². The van der Waals surface area contributed by atoms with Gasteiger partial charge in [-0.1, -0.05) is 35.9 Å². The first kappa shape index (κ1) is 19.5. The summed E-state index contributed by atoms with van der Waals surface area (Å²) in [7, 11) is 1.61. The van der Waals surface area contributed by atoms with Crippen molar-refractivity contribution in [2.45, 2.75) is 31.6 Å². The largest absolute Gasteiger partial charge is 0.493 e. The lowest BCUT2D eigenvalue weighted by atomic mass is 9.78. The van der Waals surface area contributed by atoms with E-state index in [-0.39, 0.29) is 16.9 Å². The zero-order chi connectivity index (χ0) is 19.7. The molecule has 2 aromatic rings. The highest BCUT2D eigenvalue weighted by atomic mass is 35.5. The van der Waals surface area contributed by atoms with Crippen molar-refractivity contribution in [3.63, 3.8) is 0 Å². The van der Waals surface area contributed by atoms with Gasteiger partial charge in [-0.05, 0) is 42.9 Å². The Morgan fingerprint density at radius 3 is 2.54 bits per heavy atom. The van der Waals surface area contributed by atoms with E-state index in [1.54, 1.807) is 25.3 Å². The first-order chi connectivity index (χ1) is 13.5. The van der Waals surface area contributed by atoms with Gasteiger partial charge < -0.3 is 14.6 Å². The van der Waals surface area contributed by atoms with Crippen LogP contribution in [-0.2, 0) is 6.54 Å². The van der Waals surface area contributed by atoms with Crippen LogP contribution >= 0.6 is 11.6 Å². The average Bonchev–Trinajstić information content (AvgIpc) is 3.07. The highest BCUT2D eigenvalue weighted by molar-refractivity contribution is 6.30. The van der Waals surface area contributed by atoms with E-state index in [1.165, 1.54) is 0 Å². The molecule has 1 saturated heterocycles. The molecule has 1 saturated carbocycles. The van der Waals surface area contributed by atoms with E-state index in [0.29, 0.717) is 41.9 Å². The van der Waals surface area contributed by atoms with Crippen LogP contribution in [0.4, 0.5) is 4.39 Å². The van der Waals surface area contributed by atoms with E-state index in [4.69, 9.17) is 21.1 Å². The standard InChI is InChI=1S/C22H25ClFNO3/c1-27-19-7-2-3-8-20(19)28-21-10-16-13-25(12-15(16)9-18(21)26)11-14-5-4-6-17(23)22(14)24/h2-8,15-16,18,21,26H,9-13H2,1H3/t15-,16+,18+,21+/m0/s1. The van der Waals surface area contributed by atoms with Gasteiger partial charge in [0.15, 0.2) is 11.5 Å². The first-order valence-electron chi connectivity index (χ1n) is 9.68. The predicted molar refractivity (Wildman–Crippen MR) is 106 cm³/mol. The number of benzene rings is 2. The number of hydrogen-bond donors (Lipinski definition) is 1. The van der Waals surface area contributed by atoms with E-state index >= 15 is 0 Å². The van der Waals surface area contributed by atoms with Crippen LogP contribution in [0.1, 0.15) is 18.4 Å². The summed E-state index contributed by atoms with van der Waals surface area (Å²) in [6, 6.07) is 12.6. The third kappa shape index (κ3) is 3.97. The molecule has 2 aliphatic rings. The van der Waals surface area contributed by atoms with Crippen LogP contribution in [0.3, 0.4) is 0 Å². The minimum atomic E-state index is -0.519. The molecule has 2 fully saturated rings. The monoisotopic (exact) mass is 405 g/mol. The molecule has 1 aliphatic carbocycles. The van der Waals surface area contributed by atoms with Crippen molar-refractivity contribution in [2.75, 3.05) is 20.2 Å². The summed E-state index contributed by atoms with van der Waals surface area (Å²) in [5.74, 6) is 1.81. The van der Waals surface area contributed by atoms with Crippen molar-refractivity contribution in [3.05, 3.63) is 58.9 Å². The van der Waals surface area contributed by atoms with Gasteiger partial charge in [0.2, 0.25) is 0 Å². The molecule has 1 aliphatic heterocycles. The Labute approximate surface area is 169 Å². The fourth-order valence-electron chi connectivity index (χ4n) is 4.53. The number of hydrogen-bond acceptors (Lipinski definition) is 4. The van der Waals surface area contributed by atoms with Gasteiger partial charge in [-0.3, -0.25) is 4.90 Å². The van der Waals surface area contributed by atoms with Gasteiger partial charge >= 0.3 is 0 Å². The van der Waals surface area contributed by atoms with Crippen LogP contribution in [0.5, 0.6) is 11.5 Å². The Bertz CT molecular complexity index is 833. The fraction of sp³-hybridized carbons (Fsp3) is 0.455. The molecular weight excluding hydrogens is 381 g/mol. The number of methoxy groups -OCH3 is 1. The third-order valence-electron chi connectivity index (χ3n) is 5.93. The van der Waals surface area contributed by atoms with Crippen molar-refractivity contribution in [2.24, 2.45) is 11.8 Å². The maximum absolute atomic E-state index is 14.2. The number of nitrogens with zero attached hydrogens (tertiary/aromatic N) is 1. The second-order valence-electron chi connectivity index (χ2n) is 7.77. The molecule has 2 aromatic carbocycles. The number of aliphatic hydroxyl groups is 1. The summed E-state index contributed by atoms with van der Waals surface area (Å²) in [6.45, 7) is 2.26. The predicted octanol–water partition coefficient (Wildman–Crippen LogP) is 4.14. The maximum Gasteiger partial charge on any atom is 0.161 e. The quantitative estimate of drug-likeness (QED) is 0.811. The van der Waals surface area contributed by atoms with Crippen LogP contribution < -0.4 is 9.47 Å². The van der Waals surface area contributed by atoms with Crippen molar-refractivity contribution in [1.82, 2.24) is 4.90 Å². The zero-order valence-corrected chi connectivity index (χ0v) is 16.6. The number of para-hydroxylation sites is 2. The summed E-state index contributed by atoms with van der Waals surface area (Å²) in [5, 5.41) is 10.8. The summed E-state index contributed by atoms with van der Waals surface area (Å²) in [6.07, 6.45) is 0.687. The molecule has 150 valence electrons. The SMILES string of the molecule is COc1ccccc1O[C@@H]1C[C@@H]2CN(Cc3cccc(Cl)c3F)C[C@@H]2C[C@H]1O. The van der Waals surface area contributed by atoms with Crippen molar-refractivity contribution >= 4 is 11.6 Å².